The van der Waals surface area contributed by atoms with Crippen LogP contribution in [0.15, 0.2) is 29.2 Å². The van der Waals surface area contributed by atoms with E-state index >= 15 is 0 Å². The van der Waals surface area contributed by atoms with Gasteiger partial charge in [-0.2, -0.15) is 0 Å². The van der Waals surface area contributed by atoms with Crippen molar-refractivity contribution in [3.8, 4) is 0 Å². The van der Waals surface area contributed by atoms with E-state index in [0.29, 0.717) is 12.5 Å². The van der Waals surface area contributed by atoms with Gasteiger partial charge in [0, 0.05) is 21.3 Å². The molecule has 5 heteroatoms. The minimum atomic E-state index is 0.589. The van der Waals surface area contributed by atoms with Gasteiger partial charge in [-0.25, -0.2) is 4.98 Å². The number of thiazole rings is 1. The van der Waals surface area contributed by atoms with Gasteiger partial charge in [0.15, 0.2) is 0 Å². The Bertz CT molecular complexity index is 550. The zero-order valence-electron chi connectivity index (χ0n) is 11.7. The molecule has 0 spiro atoms. The Balaban J connectivity index is 2.02. The summed E-state index contributed by atoms with van der Waals surface area (Å²) in [5.74, 6) is 1.50. The zero-order chi connectivity index (χ0) is 14.5. The second-order valence-electron chi connectivity index (χ2n) is 5.02. The Hall–Kier alpha value is -0.550. The molecule has 0 unspecified atom stereocenters. The summed E-state index contributed by atoms with van der Waals surface area (Å²) in [4.78, 5) is 7.18. The van der Waals surface area contributed by atoms with Crippen molar-refractivity contribution < 1.29 is 0 Å². The van der Waals surface area contributed by atoms with E-state index in [9.17, 15) is 0 Å². The fourth-order valence-corrected chi connectivity index (χ4v) is 3.87. The molecule has 0 saturated heterocycles. The summed E-state index contributed by atoms with van der Waals surface area (Å²) in [6, 6.07) is 7.92. The molecule has 2 aromatic rings. The summed E-state index contributed by atoms with van der Waals surface area (Å²) in [6.45, 7) is 5.01. The van der Waals surface area contributed by atoms with Crippen molar-refractivity contribution in [1.29, 1.82) is 0 Å². The lowest BCUT2D eigenvalue weighted by atomic mass is 10.1. The highest BCUT2D eigenvalue weighted by Crippen LogP contribution is 2.28. The summed E-state index contributed by atoms with van der Waals surface area (Å²) in [5.41, 5.74) is 6.99. The Morgan fingerprint density at radius 2 is 2.00 bits per heavy atom. The monoisotopic (exact) mass is 326 g/mol. The summed E-state index contributed by atoms with van der Waals surface area (Å²) >= 11 is 9.41. The summed E-state index contributed by atoms with van der Waals surface area (Å²) in [6.07, 6.45) is 1.01. The lowest BCUT2D eigenvalue weighted by molar-refractivity contribution is 0.633. The lowest BCUT2D eigenvalue weighted by Crippen LogP contribution is -2.02. The van der Waals surface area contributed by atoms with Gasteiger partial charge < -0.3 is 5.73 Å². The van der Waals surface area contributed by atoms with Gasteiger partial charge >= 0.3 is 0 Å². The molecular formula is C15H19ClN2S2. The summed E-state index contributed by atoms with van der Waals surface area (Å²) in [5, 5.41) is 1.93. The number of thioether (sulfide) groups is 1. The Labute approximate surface area is 133 Å². The van der Waals surface area contributed by atoms with Gasteiger partial charge in [-0.05, 0) is 36.6 Å². The average Bonchev–Trinajstić information content (AvgIpc) is 2.79. The molecule has 1 heterocycles. The molecule has 0 bridgehead atoms. The van der Waals surface area contributed by atoms with Crippen LogP contribution in [0.3, 0.4) is 0 Å². The lowest BCUT2D eigenvalue weighted by Gasteiger charge is -2.02. The first kappa shape index (κ1) is 15.8. The van der Waals surface area contributed by atoms with Crippen molar-refractivity contribution >= 4 is 34.7 Å². The minimum absolute atomic E-state index is 0.589. The van der Waals surface area contributed by atoms with Gasteiger partial charge in [0.2, 0.25) is 0 Å². The first-order valence-corrected chi connectivity index (χ1v) is 8.82. The fraction of sp³-hybridized carbons (Fsp3) is 0.400. The van der Waals surface area contributed by atoms with E-state index in [1.807, 2.05) is 24.3 Å². The van der Waals surface area contributed by atoms with Crippen LogP contribution in [0.25, 0.3) is 0 Å². The molecule has 0 aliphatic rings. The van der Waals surface area contributed by atoms with Gasteiger partial charge in [0.05, 0.1) is 11.4 Å². The number of hydrogen-bond donors (Lipinski definition) is 1. The largest absolute Gasteiger partial charge is 0.326 e. The van der Waals surface area contributed by atoms with E-state index in [1.165, 1.54) is 15.5 Å². The van der Waals surface area contributed by atoms with E-state index in [1.54, 1.807) is 23.1 Å². The van der Waals surface area contributed by atoms with Gasteiger partial charge in [0.25, 0.3) is 0 Å². The van der Waals surface area contributed by atoms with Gasteiger partial charge in [-0.15, -0.1) is 23.1 Å². The van der Waals surface area contributed by atoms with Crippen molar-refractivity contribution in [2.24, 2.45) is 11.7 Å². The number of hydrogen-bond acceptors (Lipinski definition) is 4. The summed E-state index contributed by atoms with van der Waals surface area (Å²) in [7, 11) is 0. The van der Waals surface area contributed by atoms with Crippen LogP contribution in [-0.4, -0.2) is 4.98 Å². The third kappa shape index (κ3) is 4.48. The Kier molecular flexibility index (Phi) is 5.90. The van der Waals surface area contributed by atoms with E-state index in [0.717, 1.165) is 22.2 Å². The van der Waals surface area contributed by atoms with Crippen LogP contribution in [-0.2, 0) is 18.7 Å². The summed E-state index contributed by atoms with van der Waals surface area (Å²) < 4.78 is 0. The highest BCUT2D eigenvalue weighted by atomic mass is 35.5. The molecule has 1 aromatic heterocycles. The number of nitrogens with two attached hydrogens (primary N) is 1. The van der Waals surface area contributed by atoms with E-state index in [-0.39, 0.29) is 0 Å². The molecule has 0 amide bonds. The van der Waals surface area contributed by atoms with Crippen LogP contribution in [0.4, 0.5) is 0 Å². The van der Waals surface area contributed by atoms with Crippen LogP contribution in [0.1, 0.15) is 29.4 Å². The van der Waals surface area contributed by atoms with Crippen molar-refractivity contribution in [2.75, 3.05) is 0 Å². The number of rotatable bonds is 6. The number of aromatic nitrogens is 1. The first-order valence-electron chi connectivity index (χ1n) is 6.64. The van der Waals surface area contributed by atoms with Crippen molar-refractivity contribution in [1.82, 2.24) is 4.98 Å². The second kappa shape index (κ2) is 7.46. The maximum absolute atomic E-state index is 5.89. The molecule has 2 N–H and O–H groups in total. The van der Waals surface area contributed by atoms with Crippen molar-refractivity contribution in [2.45, 2.75) is 37.5 Å². The third-order valence-corrected chi connectivity index (χ3v) is 5.36. The molecule has 0 radical (unpaired) electrons. The maximum Gasteiger partial charge on any atom is 0.103 e. The standard InChI is InChI=1S/C15H19ClN2S2/c1-10(2)7-13-14(8-17)20-15(18-13)9-19-12-5-3-11(16)4-6-12/h3-6,10H,7-9,17H2,1-2H3. The zero-order valence-corrected chi connectivity index (χ0v) is 14.1. The molecule has 0 saturated carbocycles. The van der Waals surface area contributed by atoms with Crippen LogP contribution in [0, 0.1) is 5.92 Å². The average molecular weight is 327 g/mol. The van der Waals surface area contributed by atoms with Gasteiger partial charge in [-0.1, -0.05) is 25.4 Å². The van der Waals surface area contributed by atoms with E-state index in [2.05, 4.69) is 13.8 Å². The van der Waals surface area contributed by atoms with E-state index in [4.69, 9.17) is 22.3 Å². The predicted molar refractivity (Wildman–Crippen MR) is 89.6 cm³/mol. The molecular weight excluding hydrogens is 308 g/mol. The molecule has 108 valence electrons. The highest BCUT2D eigenvalue weighted by Gasteiger charge is 2.11. The van der Waals surface area contributed by atoms with Crippen molar-refractivity contribution in [3.05, 3.63) is 44.9 Å². The Morgan fingerprint density at radius 1 is 1.30 bits per heavy atom. The molecule has 0 aliphatic carbocycles. The quantitative estimate of drug-likeness (QED) is 0.779. The molecule has 2 rings (SSSR count). The topological polar surface area (TPSA) is 38.9 Å². The first-order chi connectivity index (χ1) is 9.58. The molecule has 2 nitrogen and oxygen atoms in total. The SMILES string of the molecule is CC(C)Cc1nc(CSc2ccc(Cl)cc2)sc1CN. The van der Waals surface area contributed by atoms with Crippen LogP contribution >= 0.6 is 34.7 Å². The van der Waals surface area contributed by atoms with Gasteiger partial charge in [-0.3, -0.25) is 0 Å². The van der Waals surface area contributed by atoms with E-state index < -0.39 is 0 Å². The second-order valence-corrected chi connectivity index (χ2v) is 7.68. The van der Waals surface area contributed by atoms with Gasteiger partial charge in [0.1, 0.15) is 5.01 Å². The molecule has 0 fully saturated rings. The Morgan fingerprint density at radius 3 is 2.60 bits per heavy atom. The number of halogens is 1. The van der Waals surface area contributed by atoms with Crippen LogP contribution in [0.2, 0.25) is 5.02 Å². The molecule has 0 atom stereocenters. The van der Waals surface area contributed by atoms with Crippen LogP contribution < -0.4 is 5.73 Å². The van der Waals surface area contributed by atoms with Crippen molar-refractivity contribution in [3.63, 3.8) is 0 Å². The minimum Gasteiger partial charge on any atom is -0.326 e. The molecule has 20 heavy (non-hydrogen) atoms. The normalized spacial score (nSPS) is 11.2. The number of nitrogens with zero attached hydrogens (tertiary/aromatic N) is 1. The van der Waals surface area contributed by atoms with Crippen LogP contribution in [0.5, 0.6) is 0 Å². The smallest absolute Gasteiger partial charge is 0.103 e. The molecule has 0 aliphatic heterocycles. The number of benzene rings is 1. The maximum atomic E-state index is 5.89. The predicted octanol–water partition coefficient (Wildman–Crippen LogP) is 4.75. The molecule has 1 aromatic carbocycles. The highest BCUT2D eigenvalue weighted by molar-refractivity contribution is 7.98. The third-order valence-electron chi connectivity index (χ3n) is 2.79. The fourth-order valence-electron chi connectivity index (χ4n) is 1.88.